The molecule has 0 aliphatic carbocycles. The molecule has 2 rings (SSSR count). The van der Waals surface area contributed by atoms with Gasteiger partial charge in [0.15, 0.2) is 0 Å². The normalized spacial score (nSPS) is 16.9. The Morgan fingerprint density at radius 1 is 1.26 bits per heavy atom. The number of piperidine rings is 1. The Morgan fingerprint density at radius 2 is 1.91 bits per heavy atom. The van der Waals surface area contributed by atoms with Gasteiger partial charge in [-0.3, -0.25) is 9.59 Å². The number of aryl methyl sites for hydroxylation is 1. The van der Waals surface area contributed by atoms with Crippen LogP contribution in [0, 0.1) is 12.8 Å². The molecule has 1 heterocycles. The Labute approximate surface area is 138 Å². The second kappa shape index (κ2) is 8.11. The van der Waals surface area contributed by atoms with E-state index in [0.29, 0.717) is 19.6 Å². The first-order chi connectivity index (χ1) is 11.0. The number of rotatable bonds is 5. The van der Waals surface area contributed by atoms with Crippen LogP contribution in [0.25, 0.3) is 0 Å². The molecule has 1 aromatic carbocycles. The number of nitrogens with zero attached hydrogens (tertiary/aromatic N) is 1. The minimum atomic E-state index is -0.0172. The third-order valence-corrected chi connectivity index (χ3v) is 4.46. The van der Waals surface area contributed by atoms with Gasteiger partial charge in [0, 0.05) is 37.2 Å². The average molecular weight is 317 g/mol. The monoisotopic (exact) mass is 317 g/mol. The molecule has 23 heavy (non-hydrogen) atoms. The molecule has 2 N–H and O–H groups in total. The number of amides is 2. The highest BCUT2D eigenvalue weighted by molar-refractivity contribution is 5.95. The first kappa shape index (κ1) is 17.5. The lowest BCUT2D eigenvalue weighted by Crippen LogP contribution is -2.48. The van der Waals surface area contributed by atoms with E-state index >= 15 is 0 Å². The van der Waals surface area contributed by atoms with E-state index in [4.69, 9.17) is 0 Å². The first-order valence-corrected chi connectivity index (χ1v) is 8.32. The topological polar surface area (TPSA) is 61.4 Å². The highest BCUT2D eigenvalue weighted by Gasteiger charge is 2.26. The van der Waals surface area contributed by atoms with Gasteiger partial charge in [0.2, 0.25) is 5.91 Å². The van der Waals surface area contributed by atoms with Gasteiger partial charge in [0.05, 0.1) is 0 Å². The van der Waals surface area contributed by atoms with Crippen molar-refractivity contribution in [2.24, 2.45) is 5.92 Å². The van der Waals surface area contributed by atoms with E-state index in [9.17, 15) is 9.59 Å². The molecule has 0 bridgehead atoms. The molecule has 5 nitrogen and oxygen atoms in total. The predicted molar refractivity (Wildman–Crippen MR) is 91.3 cm³/mol. The molecule has 0 aromatic heterocycles. The summed E-state index contributed by atoms with van der Waals surface area (Å²) in [5, 5.41) is 6.14. The van der Waals surface area contributed by atoms with Crippen LogP contribution >= 0.6 is 0 Å². The van der Waals surface area contributed by atoms with Crippen molar-refractivity contribution in [3.63, 3.8) is 0 Å². The summed E-state index contributed by atoms with van der Waals surface area (Å²) in [5.74, 6) is 0.178. The van der Waals surface area contributed by atoms with Gasteiger partial charge in [0.25, 0.3) is 5.91 Å². The van der Waals surface area contributed by atoms with Crippen LogP contribution in [0.3, 0.4) is 0 Å². The van der Waals surface area contributed by atoms with Crippen molar-refractivity contribution in [2.75, 3.05) is 26.7 Å². The van der Waals surface area contributed by atoms with Gasteiger partial charge in [-0.1, -0.05) is 25.1 Å². The molecule has 1 unspecified atom stereocenters. The molecule has 1 atom stereocenters. The number of hydrogen-bond donors (Lipinski definition) is 2. The maximum absolute atomic E-state index is 12.3. The summed E-state index contributed by atoms with van der Waals surface area (Å²) in [6, 6.07) is 7.75. The predicted octanol–water partition coefficient (Wildman–Crippen LogP) is 1.57. The van der Waals surface area contributed by atoms with E-state index in [2.05, 4.69) is 10.6 Å². The zero-order valence-corrected chi connectivity index (χ0v) is 14.3. The van der Waals surface area contributed by atoms with E-state index in [1.807, 2.05) is 50.1 Å². The van der Waals surface area contributed by atoms with E-state index in [-0.39, 0.29) is 23.8 Å². The van der Waals surface area contributed by atoms with Crippen LogP contribution < -0.4 is 10.6 Å². The lowest BCUT2D eigenvalue weighted by molar-refractivity contribution is -0.135. The van der Waals surface area contributed by atoms with Crippen molar-refractivity contribution in [3.8, 4) is 0 Å². The molecule has 1 saturated heterocycles. The molecule has 0 saturated carbocycles. The standard InChI is InChI=1S/C18H27N3O2/c1-13-6-4-5-7-16(13)17(22)20-15-8-10-21(11-9-15)18(23)14(2)12-19-3/h4-7,14-15,19H,8-12H2,1-3H3,(H,20,22). The molecule has 2 amide bonds. The van der Waals surface area contributed by atoms with Gasteiger partial charge in [0.1, 0.15) is 0 Å². The lowest BCUT2D eigenvalue weighted by Gasteiger charge is -2.34. The zero-order valence-electron chi connectivity index (χ0n) is 14.3. The number of nitrogens with one attached hydrogen (secondary N) is 2. The average Bonchev–Trinajstić information content (AvgIpc) is 2.55. The van der Waals surface area contributed by atoms with Crippen molar-refractivity contribution >= 4 is 11.8 Å². The fraction of sp³-hybridized carbons (Fsp3) is 0.556. The smallest absolute Gasteiger partial charge is 0.251 e. The third kappa shape index (κ3) is 4.55. The zero-order chi connectivity index (χ0) is 16.8. The summed E-state index contributed by atoms with van der Waals surface area (Å²) in [7, 11) is 1.86. The maximum atomic E-state index is 12.3. The highest BCUT2D eigenvalue weighted by Crippen LogP contribution is 2.15. The van der Waals surface area contributed by atoms with Crippen molar-refractivity contribution < 1.29 is 9.59 Å². The van der Waals surface area contributed by atoms with Gasteiger partial charge in [-0.15, -0.1) is 0 Å². The maximum Gasteiger partial charge on any atom is 0.251 e. The molecule has 1 aromatic rings. The minimum absolute atomic E-state index is 0.00175. The molecule has 126 valence electrons. The van der Waals surface area contributed by atoms with Crippen LogP contribution in [0.2, 0.25) is 0 Å². The largest absolute Gasteiger partial charge is 0.349 e. The van der Waals surface area contributed by atoms with E-state index in [0.717, 1.165) is 24.0 Å². The van der Waals surface area contributed by atoms with Crippen LogP contribution in [0.1, 0.15) is 35.7 Å². The quantitative estimate of drug-likeness (QED) is 0.866. The lowest BCUT2D eigenvalue weighted by atomic mass is 10.0. The second-order valence-corrected chi connectivity index (χ2v) is 6.35. The number of carbonyl (C=O) groups is 2. The second-order valence-electron chi connectivity index (χ2n) is 6.35. The summed E-state index contributed by atoms with van der Waals surface area (Å²) >= 11 is 0. The Bertz CT molecular complexity index is 551. The van der Waals surface area contributed by atoms with E-state index in [1.165, 1.54) is 0 Å². The molecule has 1 fully saturated rings. The Kier molecular flexibility index (Phi) is 6.16. The Morgan fingerprint density at radius 3 is 2.52 bits per heavy atom. The van der Waals surface area contributed by atoms with Gasteiger partial charge in [-0.05, 0) is 38.4 Å². The molecule has 0 spiro atoms. The van der Waals surface area contributed by atoms with Gasteiger partial charge >= 0.3 is 0 Å². The summed E-state index contributed by atoms with van der Waals surface area (Å²) in [6.45, 7) is 6.02. The van der Waals surface area contributed by atoms with Crippen LogP contribution in [0.15, 0.2) is 24.3 Å². The molecule has 5 heteroatoms. The van der Waals surface area contributed by atoms with E-state index in [1.54, 1.807) is 0 Å². The highest BCUT2D eigenvalue weighted by atomic mass is 16.2. The van der Waals surface area contributed by atoms with Crippen molar-refractivity contribution in [1.82, 2.24) is 15.5 Å². The molecule has 0 radical (unpaired) electrons. The van der Waals surface area contributed by atoms with Gasteiger partial charge in [-0.2, -0.15) is 0 Å². The van der Waals surface area contributed by atoms with E-state index < -0.39 is 0 Å². The molecular formula is C18H27N3O2. The Hall–Kier alpha value is -1.88. The molecule has 1 aliphatic heterocycles. The van der Waals surface area contributed by atoms with Crippen LogP contribution in [-0.2, 0) is 4.79 Å². The third-order valence-electron chi connectivity index (χ3n) is 4.46. The number of hydrogen-bond acceptors (Lipinski definition) is 3. The number of benzene rings is 1. The van der Waals surface area contributed by atoms with Crippen molar-refractivity contribution in [1.29, 1.82) is 0 Å². The fourth-order valence-electron chi connectivity index (χ4n) is 3.04. The Balaban J connectivity index is 1.84. The molecule has 1 aliphatic rings. The van der Waals surface area contributed by atoms with Crippen molar-refractivity contribution in [2.45, 2.75) is 32.7 Å². The number of likely N-dealkylation sites (tertiary alicyclic amines) is 1. The molecular weight excluding hydrogens is 290 g/mol. The van der Waals surface area contributed by atoms with Crippen LogP contribution in [-0.4, -0.2) is 49.4 Å². The summed E-state index contributed by atoms with van der Waals surface area (Å²) in [4.78, 5) is 26.5. The summed E-state index contributed by atoms with van der Waals surface area (Å²) in [6.07, 6.45) is 1.63. The SMILES string of the molecule is CNCC(C)C(=O)N1CCC(NC(=O)c2ccccc2C)CC1. The van der Waals surface area contributed by atoms with Gasteiger partial charge < -0.3 is 15.5 Å². The number of carbonyl (C=O) groups excluding carboxylic acids is 2. The van der Waals surface area contributed by atoms with Crippen LogP contribution in [0.4, 0.5) is 0 Å². The summed E-state index contributed by atoms with van der Waals surface area (Å²) in [5.41, 5.74) is 1.71. The summed E-state index contributed by atoms with van der Waals surface area (Å²) < 4.78 is 0. The van der Waals surface area contributed by atoms with Crippen LogP contribution in [0.5, 0.6) is 0 Å². The fourth-order valence-corrected chi connectivity index (χ4v) is 3.04. The van der Waals surface area contributed by atoms with Gasteiger partial charge in [-0.25, -0.2) is 0 Å². The minimum Gasteiger partial charge on any atom is -0.349 e. The van der Waals surface area contributed by atoms with Crippen molar-refractivity contribution in [3.05, 3.63) is 35.4 Å². The first-order valence-electron chi connectivity index (χ1n) is 8.32.